The summed E-state index contributed by atoms with van der Waals surface area (Å²) < 4.78 is 17.7. The molecule has 1 fully saturated rings. The minimum Gasteiger partial charge on any atom is -0.487 e. The average molecular weight is 403 g/mol. The Balaban J connectivity index is 1.32. The molecule has 0 saturated carbocycles. The molecule has 0 unspecified atom stereocenters. The minimum atomic E-state index is -0.250. The predicted molar refractivity (Wildman–Crippen MR) is 105 cm³/mol. The monoisotopic (exact) mass is 402 g/mol. The Morgan fingerprint density at radius 3 is 3.04 bits per heavy atom. The summed E-state index contributed by atoms with van der Waals surface area (Å²) in [6.07, 6.45) is 4.67. The van der Waals surface area contributed by atoms with E-state index in [0.717, 1.165) is 24.2 Å². The summed E-state index contributed by atoms with van der Waals surface area (Å²) in [5.74, 6) is 1.89. The summed E-state index contributed by atoms with van der Waals surface area (Å²) in [6, 6.07) is 7.54. The van der Waals surface area contributed by atoms with Gasteiger partial charge in [0.15, 0.2) is 18.1 Å². The number of amides is 1. The maximum absolute atomic E-state index is 12.6. The van der Waals surface area contributed by atoms with Crippen LogP contribution in [0.15, 0.2) is 36.7 Å². The van der Waals surface area contributed by atoms with Crippen molar-refractivity contribution < 1.29 is 19.0 Å². The number of carbonyl (C=O) groups is 1. The number of aromatic nitrogens is 1. The molecule has 0 bridgehead atoms. The molecule has 28 heavy (non-hydrogen) atoms. The lowest BCUT2D eigenvalue weighted by atomic mass is 10.0. The summed E-state index contributed by atoms with van der Waals surface area (Å²) in [6.45, 7) is 5.20. The molecule has 1 atom stereocenters. The Kier molecular flexibility index (Phi) is 5.06. The number of ether oxygens (including phenoxy) is 3. The number of para-hydroxylation sites is 1. The maximum atomic E-state index is 12.6. The Hall–Kier alpha value is -2.47. The Bertz CT molecular complexity index is 886. The summed E-state index contributed by atoms with van der Waals surface area (Å²) in [4.78, 5) is 18.3. The summed E-state index contributed by atoms with van der Waals surface area (Å²) in [7, 11) is 0. The molecule has 1 aromatic heterocycles. The van der Waals surface area contributed by atoms with Crippen molar-refractivity contribution >= 4 is 17.5 Å². The Morgan fingerprint density at radius 1 is 1.36 bits per heavy atom. The third kappa shape index (κ3) is 4.02. The zero-order chi connectivity index (χ0) is 19.7. The highest BCUT2D eigenvalue weighted by atomic mass is 35.5. The number of hydrogen-bond donors (Lipinski definition) is 0. The lowest BCUT2D eigenvalue weighted by molar-refractivity contribution is -0.132. The first-order valence-electron chi connectivity index (χ1n) is 9.39. The summed E-state index contributed by atoms with van der Waals surface area (Å²) in [5, 5.41) is 0.469. The molecule has 0 radical (unpaired) electrons. The van der Waals surface area contributed by atoms with Gasteiger partial charge in [-0.25, -0.2) is 0 Å². The molecule has 0 aliphatic carbocycles. The van der Waals surface area contributed by atoms with Crippen molar-refractivity contribution in [2.24, 2.45) is 0 Å². The molecular formula is C21H23ClN2O4. The number of benzene rings is 1. The Labute approximate surface area is 169 Å². The van der Waals surface area contributed by atoms with Crippen molar-refractivity contribution in [3.8, 4) is 17.2 Å². The van der Waals surface area contributed by atoms with E-state index in [4.69, 9.17) is 25.8 Å². The van der Waals surface area contributed by atoms with E-state index >= 15 is 0 Å². The molecule has 0 N–H and O–H groups in total. The highest BCUT2D eigenvalue weighted by molar-refractivity contribution is 6.31. The molecule has 1 amide bonds. The smallest absolute Gasteiger partial charge is 0.260 e. The van der Waals surface area contributed by atoms with Crippen LogP contribution in [0, 0.1) is 0 Å². The Morgan fingerprint density at radius 2 is 2.21 bits per heavy atom. The minimum absolute atomic E-state index is 0.0248. The van der Waals surface area contributed by atoms with Gasteiger partial charge in [0.05, 0.1) is 6.54 Å². The van der Waals surface area contributed by atoms with Crippen molar-refractivity contribution in [2.75, 3.05) is 19.7 Å². The normalized spacial score (nSPS) is 19.8. The number of nitrogens with zero attached hydrogens (tertiary/aromatic N) is 2. The van der Waals surface area contributed by atoms with Gasteiger partial charge in [-0.05, 0) is 19.9 Å². The fraction of sp³-hybridized carbons (Fsp3) is 0.429. The van der Waals surface area contributed by atoms with Crippen LogP contribution in [-0.2, 0) is 11.2 Å². The summed E-state index contributed by atoms with van der Waals surface area (Å²) >= 11 is 6.09. The molecule has 6 nitrogen and oxygen atoms in total. The van der Waals surface area contributed by atoms with Crippen LogP contribution in [0.2, 0.25) is 5.02 Å². The molecule has 2 aromatic rings. The van der Waals surface area contributed by atoms with Crippen LogP contribution in [0.5, 0.6) is 17.2 Å². The molecule has 7 heteroatoms. The van der Waals surface area contributed by atoms with Gasteiger partial charge in [0.1, 0.15) is 22.5 Å². The zero-order valence-corrected chi connectivity index (χ0v) is 16.7. The first-order chi connectivity index (χ1) is 13.4. The van der Waals surface area contributed by atoms with Gasteiger partial charge in [-0.2, -0.15) is 0 Å². The highest BCUT2D eigenvalue weighted by Crippen LogP contribution is 2.41. The number of halogens is 1. The zero-order valence-electron chi connectivity index (χ0n) is 16.0. The molecule has 3 heterocycles. The maximum Gasteiger partial charge on any atom is 0.260 e. The third-order valence-corrected chi connectivity index (χ3v) is 5.22. The first-order valence-corrected chi connectivity index (χ1v) is 9.77. The second-order valence-corrected chi connectivity index (χ2v) is 8.15. The van der Waals surface area contributed by atoms with Gasteiger partial charge in [0, 0.05) is 43.4 Å². The molecule has 1 saturated heterocycles. The highest BCUT2D eigenvalue weighted by Gasteiger charge is 2.33. The first kappa shape index (κ1) is 18.9. The van der Waals surface area contributed by atoms with Gasteiger partial charge in [-0.3, -0.25) is 9.78 Å². The van der Waals surface area contributed by atoms with Gasteiger partial charge < -0.3 is 19.1 Å². The largest absolute Gasteiger partial charge is 0.487 e. The van der Waals surface area contributed by atoms with Crippen molar-refractivity contribution in [2.45, 2.75) is 38.4 Å². The molecule has 2 aliphatic rings. The van der Waals surface area contributed by atoms with Gasteiger partial charge >= 0.3 is 0 Å². The van der Waals surface area contributed by atoms with Gasteiger partial charge in [-0.1, -0.05) is 23.7 Å². The second kappa shape index (κ2) is 7.51. The molecular weight excluding hydrogens is 380 g/mol. The lowest BCUT2D eigenvalue weighted by Crippen LogP contribution is -2.34. The molecule has 148 valence electrons. The van der Waals surface area contributed by atoms with E-state index in [0.29, 0.717) is 29.6 Å². The third-order valence-electron chi connectivity index (χ3n) is 4.93. The van der Waals surface area contributed by atoms with E-state index in [2.05, 4.69) is 4.98 Å². The van der Waals surface area contributed by atoms with E-state index in [1.807, 2.05) is 32.0 Å². The second-order valence-electron chi connectivity index (χ2n) is 7.75. The molecule has 4 rings (SSSR count). The van der Waals surface area contributed by atoms with Crippen LogP contribution in [-0.4, -0.2) is 47.2 Å². The van der Waals surface area contributed by atoms with E-state index in [9.17, 15) is 4.79 Å². The quantitative estimate of drug-likeness (QED) is 0.765. The van der Waals surface area contributed by atoms with Crippen LogP contribution in [0.1, 0.15) is 25.8 Å². The lowest BCUT2D eigenvalue weighted by Gasteiger charge is -2.20. The topological polar surface area (TPSA) is 60.9 Å². The van der Waals surface area contributed by atoms with Gasteiger partial charge in [-0.15, -0.1) is 0 Å². The number of hydrogen-bond acceptors (Lipinski definition) is 5. The van der Waals surface area contributed by atoms with Crippen LogP contribution in [0.3, 0.4) is 0 Å². The van der Waals surface area contributed by atoms with Crippen molar-refractivity contribution in [3.63, 3.8) is 0 Å². The van der Waals surface area contributed by atoms with Gasteiger partial charge in [0.2, 0.25) is 0 Å². The standard InChI is InChI=1S/C21H23ClN2O4/c1-21(2)10-14-4-3-5-18(20(14)28-21)26-13-19(25)24-9-7-15(12-24)27-17-6-8-23-11-16(17)22/h3-6,8,11,15H,7,9-10,12-13H2,1-2H3/t15-/m0/s1. The van der Waals surface area contributed by atoms with Crippen LogP contribution in [0.25, 0.3) is 0 Å². The number of fused-ring (bicyclic) bond motifs is 1. The van der Waals surface area contributed by atoms with E-state index in [1.165, 1.54) is 0 Å². The van der Waals surface area contributed by atoms with E-state index in [-0.39, 0.29) is 24.2 Å². The number of likely N-dealkylation sites (tertiary alicyclic amines) is 1. The molecule has 2 aliphatic heterocycles. The number of carbonyl (C=O) groups excluding carboxylic acids is 1. The predicted octanol–water partition coefficient (Wildman–Crippen LogP) is 3.51. The van der Waals surface area contributed by atoms with E-state index in [1.54, 1.807) is 23.4 Å². The molecule has 1 aromatic carbocycles. The number of pyridine rings is 1. The number of rotatable bonds is 5. The fourth-order valence-corrected chi connectivity index (χ4v) is 3.78. The van der Waals surface area contributed by atoms with E-state index < -0.39 is 0 Å². The average Bonchev–Trinajstić information content (AvgIpc) is 3.24. The summed E-state index contributed by atoms with van der Waals surface area (Å²) in [5.41, 5.74) is 0.860. The van der Waals surface area contributed by atoms with Crippen LogP contribution >= 0.6 is 11.6 Å². The van der Waals surface area contributed by atoms with Crippen molar-refractivity contribution in [1.29, 1.82) is 0 Å². The molecule has 0 spiro atoms. The fourth-order valence-electron chi connectivity index (χ4n) is 3.62. The van der Waals surface area contributed by atoms with Gasteiger partial charge in [0.25, 0.3) is 5.91 Å². The SMILES string of the molecule is CC1(C)Cc2cccc(OCC(=O)N3CC[C@H](Oc4ccncc4Cl)C3)c2O1. The van der Waals surface area contributed by atoms with Crippen molar-refractivity contribution in [3.05, 3.63) is 47.2 Å². The van der Waals surface area contributed by atoms with Crippen molar-refractivity contribution in [1.82, 2.24) is 9.88 Å². The van der Waals surface area contributed by atoms with Crippen LogP contribution < -0.4 is 14.2 Å². The van der Waals surface area contributed by atoms with Crippen LogP contribution in [0.4, 0.5) is 0 Å².